The van der Waals surface area contributed by atoms with Crippen LogP contribution in [0.1, 0.15) is 20.8 Å². The molecule has 0 N–H and O–H groups in total. The van der Waals surface area contributed by atoms with Crippen molar-refractivity contribution in [3.05, 3.63) is 72.0 Å². The summed E-state index contributed by atoms with van der Waals surface area (Å²) in [5, 5.41) is 1.72. The maximum atomic E-state index is 15.9. The number of hydrogen-bond acceptors (Lipinski definition) is 6. The van der Waals surface area contributed by atoms with Crippen molar-refractivity contribution in [1.82, 2.24) is 19.9 Å². The molecular weight excluding hydrogens is 490 g/mol. The highest BCUT2D eigenvalue weighted by molar-refractivity contribution is 5.98. The third-order valence-corrected chi connectivity index (χ3v) is 6.41. The van der Waals surface area contributed by atoms with Gasteiger partial charge in [-0.1, -0.05) is 24.3 Å². The van der Waals surface area contributed by atoms with Crippen LogP contribution in [-0.2, 0) is 4.74 Å². The zero-order valence-electron chi connectivity index (χ0n) is 21.3. The molecule has 0 radical (unpaired) electrons. The van der Waals surface area contributed by atoms with E-state index in [0.717, 1.165) is 5.39 Å². The van der Waals surface area contributed by atoms with Gasteiger partial charge >= 0.3 is 6.09 Å². The molecule has 0 bridgehead atoms. The summed E-state index contributed by atoms with van der Waals surface area (Å²) in [6, 6.07) is 9.24. The molecule has 0 aliphatic carbocycles. The number of halogens is 2. The molecule has 10 heteroatoms. The van der Waals surface area contributed by atoms with Gasteiger partial charge in [-0.05, 0) is 43.7 Å². The number of benzene rings is 2. The summed E-state index contributed by atoms with van der Waals surface area (Å²) in [6.45, 7) is 13.9. The molecule has 1 aliphatic rings. The minimum Gasteiger partial charge on any atom is -0.444 e. The lowest BCUT2D eigenvalue weighted by atomic mass is 10.0. The van der Waals surface area contributed by atoms with E-state index in [4.69, 9.17) is 11.3 Å². The predicted molar refractivity (Wildman–Crippen MR) is 141 cm³/mol. The Morgan fingerprint density at radius 1 is 1.13 bits per heavy atom. The molecule has 194 valence electrons. The molecule has 38 heavy (non-hydrogen) atoms. The van der Waals surface area contributed by atoms with Gasteiger partial charge in [0, 0.05) is 31.4 Å². The molecule has 0 unspecified atom stereocenters. The molecule has 1 atom stereocenters. The van der Waals surface area contributed by atoms with Gasteiger partial charge < -0.3 is 14.5 Å². The second-order valence-electron chi connectivity index (χ2n) is 10.2. The molecule has 2 aromatic heterocycles. The third kappa shape index (κ3) is 4.79. The average molecular weight is 517 g/mol. The van der Waals surface area contributed by atoms with Crippen molar-refractivity contribution in [2.75, 3.05) is 31.1 Å². The van der Waals surface area contributed by atoms with Gasteiger partial charge in [0.1, 0.15) is 40.8 Å². The number of carbonyl (C=O) groups excluding carboxylic acids is 1. The van der Waals surface area contributed by atoms with Crippen molar-refractivity contribution in [1.29, 1.82) is 0 Å². The molecule has 8 nitrogen and oxygen atoms in total. The topological polar surface area (TPSA) is 75.8 Å². The number of carbonyl (C=O) groups is 1. The Morgan fingerprint density at radius 2 is 1.95 bits per heavy atom. The first-order chi connectivity index (χ1) is 18.2. The number of hydrogen-bond donors (Lipinski definition) is 0. The van der Waals surface area contributed by atoms with E-state index >= 15 is 4.39 Å². The highest BCUT2D eigenvalue weighted by Crippen LogP contribution is 2.34. The van der Waals surface area contributed by atoms with Crippen LogP contribution in [-0.4, -0.2) is 63.8 Å². The Hall–Kier alpha value is -4.39. The third-order valence-electron chi connectivity index (χ3n) is 6.41. The molecule has 0 saturated carbocycles. The lowest BCUT2D eigenvalue weighted by molar-refractivity contribution is 0.0156. The molecule has 1 saturated heterocycles. The summed E-state index contributed by atoms with van der Waals surface area (Å²) in [5.74, 6) is -0.584. The van der Waals surface area contributed by atoms with E-state index in [1.807, 2.05) is 11.0 Å². The summed E-state index contributed by atoms with van der Waals surface area (Å²) < 4.78 is 35.4. The van der Waals surface area contributed by atoms with E-state index in [1.165, 1.54) is 24.7 Å². The first kappa shape index (κ1) is 25.3. The summed E-state index contributed by atoms with van der Waals surface area (Å²) in [6.07, 6.45) is 2.34. The highest BCUT2D eigenvalue weighted by Gasteiger charge is 2.36. The molecule has 4 aromatic rings. The second-order valence-corrected chi connectivity index (χ2v) is 10.2. The van der Waals surface area contributed by atoms with Crippen LogP contribution in [0.2, 0.25) is 0 Å². The van der Waals surface area contributed by atoms with Crippen molar-refractivity contribution in [3.8, 4) is 11.3 Å². The lowest BCUT2D eigenvalue weighted by Gasteiger charge is -2.40. The van der Waals surface area contributed by atoms with Crippen LogP contribution in [0.4, 0.5) is 19.4 Å². The Morgan fingerprint density at radius 3 is 2.71 bits per heavy atom. The van der Waals surface area contributed by atoms with Gasteiger partial charge in [0.05, 0.1) is 5.39 Å². The Kier molecular flexibility index (Phi) is 6.53. The maximum absolute atomic E-state index is 15.9. The first-order valence-electron chi connectivity index (χ1n) is 12.2. The van der Waals surface area contributed by atoms with Crippen molar-refractivity contribution in [2.24, 2.45) is 0 Å². The fourth-order valence-electron chi connectivity index (χ4n) is 4.74. The van der Waals surface area contributed by atoms with Crippen LogP contribution in [0.25, 0.3) is 37.8 Å². The average Bonchev–Trinajstić information content (AvgIpc) is 2.87. The van der Waals surface area contributed by atoms with E-state index < -0.39 is 29.4 Å². The van der Waals surface area contributed by atoms with Crippen LogP contribution in [0, 0.1) is 18.2 Å². The van der Waals surface area contributed by atoms with Gasteiger partial charge in [0.15, 0.2) is 5.82 Å². The molecule has 2 aromatic carbocycles. The quantitative estimate of drug-likeness (QED) is 0.336. The summed E-state index contributed by atoms with van der Waals surface area (Å²) >= 11 is 0. The molecule has 1 aliphatic heterocycles. The molecule has 3 heterocycles. The molecule has 1 amide bonds. The van der Waals surface area contributed by atoms with Gasteiger partial charge in [0.2, 0.25) is 6.54 Å². The fourth-order valence-corrected chi connectivity index (χ4v) is 4.74. The van der Waals surface area contributed by atoms with Crippen LogP contribution < -0.4 is 4.90 Å². The van der Waals surface area contributed by atoms with Crippen LogP contribution >= 0.6 is 0 Å². The summed E-state index contributed by atoms with van der Waals surface area (Å²) in [5.41, 5.74) is -0.0374. The monoisotopic (exact) mass is 516 g/mol. The van der Waals surface area contributed by atoms with Gasteiger partial charge in [-0.3, -0.25) is 9.88 Å². The first-order valence-corrected chi connectivity index (χ1v) is 12.2. The van der Waals surface area contributed by atoms with E-state index in [0.29, 0.717) is 41.8 Å². The van der Waals surface area contributed by atoms with Crippen LogP contribution in [0.15, 0.2) is 48.9 Å². The van der Waals surface area contributed by atoms with Crippen molar-refractivity contribution in [2.45, 2.75) is 32.4 Å². The number of amides is 1. The highest BCUT2D eigenvalue weighted by atomic mass is 19.1. The lowest BCUT2D eigenvalue weighted by Crippen LogP contribution is -2.57. The van der Waals surface area contributed by atoms with Crippen molar-refractivity contribution in [3.63, 3.8) is 0 Å². The van der Waals surface area contributed by atoms with Crippen molar-refractivity contribution >= 4 is 33.6 Å². The van der Waals surface area contributed by atoms with Gasteiger partial charge in [-0.25, -0.2) is 30.1 Å². The van der Waals surface area contributed by atoms with E-state index in [1.54, 1.807) is 43.9 Å². The van der Waals surface area contributed by atoms with Gasteiger partial charge in [0.25, 0.3) is 0 Å². The normalized spacial score (nSPS) is 16.1. The largest absolute Gasteiger partial charge is 0.444 e. The SMILES string of the molecule is [C-]#[N+]C[C@H]1CN(c2ncnc3c(F)c(-c4cccc5ccc(F)cc45)ncc23)CCN1C(=O)OC(C)(C)C. The maximum Gasteiger partial charge on any atom is 0.410 e. The van der Waals surface area contributed by atoms with Gasteiger partial charge in [-0.15, -0.1) is 0 Å². The predicted octanol–water partition coefficient (Wildman–Crippen LogP) is 5.47. The fraction of sp³-hybridized carbons (Fsp3) is 0.321. The summed E-state index contributed by atoms with van der Waals surface area (Å²) in [7, 11) is 0. The van der Waals surface area contributed by atoms with Crippen LogP contribution in [0.3, 0.4) is 0 Å². The molecule has 0 spiro atoms. The zero-order chi connectivity index (χ0) is 27.0. The number of pyridine rings is 1. The van der Waals surface area contributed by atoms with E-state index in [2.05, 4.69) is 19.8 Å². The van der Waals surface area contributed by atoms with Crippen molar-refractivity contribution < 1.29 is 18.3 Å². The zero-order valence-corrected chi connectivity index (χ0v) is 21.3. The number of piperazine rings is 1. The van der Waals surface area contributed by atoms with Gasteiger partial charge in [-0.2, -0.15) is 0 Å². The Balaban J connectivity index is 1.51. The Labute approximate surface area is 218 Å². The number of nitrogens with zero attached hydrogens (tertiary/aromatic N) is 6. The minimum atomic E-state index is -0.656. The minimum absolute atomic E-state index is 0.0685. The number of fused-ring (bicyclic) bond motifs is 2. The number of aromatic nitrogens is 3. The Bertz CT molecular complexity index is 1580. The molecule has 1 fully saturated rings. The van der Waals surface area contributed by atoms with Crippen LogP contribution in [0.5, 0.6) is 0 Å². The smallest absolute Gasteiger partial charge is 0.410 e. The number of rotatable bonds is 3. The summed E-state index contributed by atoms with van der Waals surface area (Å²) in [4.78, 5) is 32.8. The standard InChI is InChI=1S/C28H26F2N6O2/c1-28(2,3)38-27(37)36-11-10-35(15-19(36)13-31-4)26-22-14-32-24(23(30)25(22)33-16-34-26)20-7-5-6-17-8-9-18(29)12-21(17)20/h5-9,12,14,16,19H,10-11,13,15H2,1-3H3/t19-/m0/s1. The molecular formula is C28H26F2N6O2. The molecule has 5 rings (SSSR count). The van der Waals surface area contributed by atoms with E-state index in [9.17, 15) is 9.18 Å². The second kappa shape index (κ2) is 9.82. The van der Waals surface area contributed by atoms with E-state index in [-0.39, 0.29) is 17.8 Å². The number of ether oxygens (including phenoxy) is 1. The number of anilines is 1.